The van der Waals surface area contributed by atoms with Crippen molar-refractivity contribution in [3.8, 4) is 11.4 Å². The molecule has 0 aliphatic rings. The van der Waals surface area contributed by atoms with Crippen molar-refractivity contribution in [2.45, 2.75) is 19.2 Å². The van der Waals surface area contributed by atoms with Crippen molar-refractivity contribution in [1.29, 1.82) is 0 Å². The Hall–Kier alpha value is -3.29. The van der Waals surface area contributed by atoms with Gasteiger partial charge in [-0.05, 0) is 49.4 Å². The van der Waals surface area contributed by atoms with Gasteiger partial charge in [0, 0.05) is 18.1 Å². The number of benzene rings is 2. The first kappa shape index (κ1) is 18.5. The minimum atomic E-state index is -4.47. The molecule has 0 saturated heterocycles. The smallest absolute Gasteiger partial charge is 0.416 e. The number of nitrogens with one attached hydrogen (secondary N) is 1. The maximum Gasteiger partial charge on any atom is 0.416 e. The quantitative estimate of drug-likeness (QED) is 0.724. The van der Waals surface area contributed by atoms with Gasteiger partial charge in [0.25, 0.3) is 5.91 Å². The van der Waals surface area contributed by atoms with Gasteiger partial charge in [-0.2, -0.15) is 18.3 Å². The van der Waals surface area contributed by atoms with Crippen LogP contribution < -0.4 is 10.1 Å². The van der Waals surface area contributed by atoms with E-state index in [-0.39, 0.29) is 5.75 Å². The second kappa shape index (κ2) is 7.53. The van der Waals surface area contributed by atoms with Crippen LogP contribution in [0.4, 0.5) is 18.9 Å². The molecule has 3 aromatic rings. The Kier molecular flexibility index (Phi) is 5.16. The summed E-state index contributed by atoms with van der Waals surface area (Å²) in [6.45, 7) is 1.47. The molecule has 0 spiro atoms. The zero-order valence-electron chi connectivity index (χ0n) is 14.3. The zero-order valence-corrected chi connectivity index (χ0v) is 14.3. The van der Waals surface area contributed by atoms with Crippen molar-refractivity contribution < 1.29 is 22.7 Å². The molecule has 0 radical (unpaired) electrons. The number of nitrogens with zero attached hydrogens (tertiary/aromatic N) is 2. The number of aromatic nitrogens is 2. The first-order valence-corrected chi connectivity index (χ1v) is 8.08. The van der Waals surface area contributed by atoms with Crippen molar-refractivity contribution >= 4 is 11.6 Å². The van der Waals surface area contributed by atoms with E-state index in [0.717, 1.165) is 17.8 Å². The number of anilines is 1. The largest absolute Gasteiger partial charge is 0.481 e. The molecule has 1 atom stereocenters. The first-order valence-electron chi connectivity index (χ1n) is 8.08. The lowest BCUT2D eigenvalue weighted by atomic mass is 10.2. The van der Waals surface area contributed by atoms with Crippen LogP contribution in [0.25, 0.3) is 5.69 Å². The lowest BCUT2D eigenvalue weighted by Crippen LogP contribution is -2.30. The monoisotopic (exact) mass is 375 g/mol. The van der Waals surface area contributed by atoms with Crippen LogP contribution in [0.1, 0.15) is 12.5 Å². The third-order valence-corrected chi connectivity index (χ3v) is 3.73. The Bertz CT molecular complexity index is 924. The second-order valence-corrected chi connectivity index (χ2v) is 5.78. The number of ether oxygens (including phenoxy) is 1. The third kappa shape index (κ3) is 4.66. The predicted molar refractivity (Wildman–Crippen MR) is 93.7 cm³/mol. The van der Waals surface area contributed by atoms with Crippen molar-refractivity contribution in [3.63, 3.8) is 0 Å². The summed E-state index contributed by atoms with van der Waals surface area (Å²) < 4.78 is 45.3. The lowest BCUT2D eigenvalue weighted by molar-refractivity contribution is -0.137. The molecule has 1 N–H and O–H groups in total. The molecule has 8 heteroatoms. The Labute approximate surface area is 153 Å². The van der Waals surface area contributed by atoms with Gasteiger partial charge in [-0.1, -0.05) is 12.1 Å². The molecule has 1 amide bonds. The molecule has 0 bridgehead atoms. The van der Waals surface area contributed by atoms with E-state index in [1.165, 1.54) is 19.1 Å². The van der Waals surface area contributed by atoms with Crippen molar-refractivity contribution in [3.05, 3.63) is 72.6 Å². The third-order valence-electron chi connectivity index (χ3n) is 3.73. The van der Waals surface area contributed by atoms with Crippen LogP contribution in [-0.4, -0.2) is 21.8 Å². The first-order chi connectivity index (χ1) is 12.8. The van der Waals surface area contributed by atoms with Crippen LogP contribution in [0, 0.1) is 0 Å². The normalized spacial score (nSPS) is 12.4. The summed E-state index contributed by atoms with van der Waals surface area (Å²) in [5.74, 6) is -0.511. The molecule has 2 aromatic carbocycles. The van der Waals surface area contributed by atoms with Gasteiger partial charge in [0.2, 0.25) is 0 Å². The maximum atomic E-state index is 12.8. The standard InChI is InChI=1S/C19H16F3N3O2/c1-13(27-17-8-2-5-14(11-17)19(20,21)22)18(26)24-15-6-3-7-16(12-15)25-10-4-9-23-25/h2-13H,1H3,(H,24,26)/t13-/m1/s1. The highest BCUT2D eigenvalue weighted by Crippen LogP contribution is 2.31. The minimum absolute atomic E-state index is 0.0298. The van der Waals surface area contributed by atoms with Gasteiger partial charge in [0.1, 0.15) is 5.75 Å². The SMILES string of the molecule is C[C@@H](Oc1cccc(C(F)(F)F)c1)C(=O)Nc1cccc(-n2cccn2)c1. The molecule has 0 saturated carbocycles. The Morgan fingerprint density at radius 1 is 1.15 bits per heavy atom. The summed E-state index contributed by atoms with van der Waals surface area (Å²) in [6, 6.07) is 13.2. The zero-order chi connectivity index (χ0) is 19.4. The van der Waals surface area contributed by atoms with Gasteiger partial charge in [-0.25, -0.2) is 4.68 Å². The molecule has 0 aliphatic heterocycles. The van der Waals surface area contributed by atoms with Crippen molar-refractivity contribution in [1.82, 2.24) is 9.78 Å². The van der Waals surface area contributed by atoms with E-state index in [1.807, 2.05) is 6.07 Å². The average molecular weight is 375 g/mol. The molecule has 140 valence electrons. The summed E-state index contributed by atoms with van der Waals surface area (Å²) in [4.78, 5) is 12.3. The van der Waals surface area contributed by atoms with Gasteiger partial charge in [0.05, 0.1) is 11.3 Å². The second-order valence-electron chi connectivity index (χ2n) is 5.78. The Balaban J connectivity index is 1.67. The molecule has 0 unspecified atom stereocenters. The number of rotatable bonds is 5. The highest BCUT2D eigenvalue weighted by Gasteiger charge is 2.30. The molecule has 0 fully saturated rings. The Morgan fingerprint density at radius 2 is 1.93 bits per heavy atom. The summed E-state index contributed by atoms with van der Waals surface area (Å²) in [5, 5.41) is 6.79. The number of alkyl halides is 3. The fourth-order valence-corrected chi connectivity index (χ4v) is 2.39. The molecule has 1 heterocycles. The maximum absolute atomic E-state index is 12.8. The summed E-state index contributed by atoms with van der Waals surface area (Å²) in [6.07, 6.45) is -2.06. The van der Waals surface area contributed by atoms with Crippen LogP contribution in [-0.2, 0) is 11.0 Å². The van der Waals surface area contributed by atoms with Crippen LogP contribution in [0.2, 0.25) is 0 Å². The van der Waals surface area contributed by atoms with Crippen LogP contribution in [0.5, 0.6) is 5.75 Å². The lowest BCUT2D eigenvalue weighted by Gasteiger charge is -2.16. The molecular weight excluding hydrogens is 359 g/mol. The van der Waals surface area contributed by atoms with Gasteiger partial charge < -0.3 is 10.1 Å². The van der Waals surface area contributed by atoms with Gasteiger partial charge in [-0.15, -0.1) is 0 Å². The summed E-state index contributed by atoms with van der Waals surface area (Å²) >= 11 is 0. The van der Waals surface area contributed by atoms with Gasteiger partial charge in [-0.3, -0.25) is 4.79 Å². The molecule has 27 heavy (non-hydrogen) atoms. The van der Waals surface area contributed by atoms with E-state index in [9.17, 15) is 18.0 Å². The van der Waals surface area contributed by atoms with E-state index < -0.39 is 23.8 Å². The van der Waals surface area contributed by atoms with Crippen LogP contribution >= 0.6 is 0 Å². The molecule has 0 aliphatic carbocycles. The fourth-order valence-electron chi connectivity index (χ4n) is 2.39. The fraction of sp³-hybridized carbons (Fsp3) is 0.158. The Morgan fingerprint density at radius 3 is 2.63 bits per heavy atom. The number of hydrogen-bond donors (Lipinski definition) is 1. The molecular formula is C19H16F3N3O2. The average Bonchev–Trinajstić information content (AvgIpc) is 3.16. The highest BCUT2D eigenvalue weighted by atomic mass is 19.4. The number of halogens is 3. The minimum Gasteiger partial charge on any atom is -0.481 e. The predicted octanol–water partition coefficient (Wildman–Crippen LogP) is 4.30. The summed E-state index contributed by atoms with van der Waals surface area (Å²) in [7, 11) is 0. The highest BCUT2D eigenvalue weighted by molar-refractivity contribution is 5.94. The van der Waals surface area contributed by atoms with Crippen LogP contribution in [0.3, 0.4) is 0 Å². The van der Waals surface area contributed by atoms with Crippen molar-refractivity contribution in [2.75, 3.05) is 5.32 Å². The summed E-state index contributed by atoms with van der Waals surface area (Å²) in [5.41, 5.74) is 0.441. The van der Waals surface area contributed by atoms with Crippen LogP contribution in [0.15, 0.2) is 67.0 Å². The number of amides is 1. The topological polar surface area (TPSA) is 56.1 Å². The van der Waals surface area contributed by atoms with E-state index in [4.69, 9.17) is 4.74 Å². The number of carbonyl (C=O) groups is 1. The van der Waals surface area contributed by atoms with E-state index in [1.54, 1.807) is 41.3 Å². The van der Waals surface area contributed by atoms with E-state index >= 15 is 0 Å². The number of hydrogen-bond acceptors (Lipinski definition) is 3. The number of carbonyl (C=O) groups excluding carboxylic acids is 1. The molecule has 5 nitrogen and oxygen atoms in total. The molecule has 1 aromatic heterocycles. The van der Waals surface area contributed by atoms with E-state index in [2.05, 4.69) is 10.4 Å². The van der Waals surface area contributed by atoms with Gasteiger partial charge >= 0.3 is 6.18 Å². The van der Waals surface area contributed by atoms with Gasteiger partial charge in [0.15, 0.2) is 6.10 Å². The van der Waals surface area contributed by atoms with Crippen molar-refractivity contribution in [2.24, 2.45) is 0 Å². The molecule has 3 rings (SSSR count). The van der Waals surface area contributed by atoms with E-state index in [0.29, 0.717) is 5.69 Å².